The summed E-state index contributed by atoms with van der Waals surface area (Å²) in [5.41, 5.74) is 0.791. The molecule has 0 aromatic carbocycles. The number of nitriles is 2. The van der Waals surface area contributed by atoms with E-state index in [9.17, 15) is 10.1 Å². The molecule has 1 fully saturated rings. The molecule has 3 rings (SSSR count). The van der Waals surface area contributed by atoms with E-state index in [-0.39, 0.29) is 11.6 Å². The highest BCUT2D eigenvalue weighted by Gasteiger charge is 2.24. The van der Waals surface area contributed by atoms with Crippen LogP contribution in [0.2, 0.25) is 0 Å². The van der Waals surface area contributed by atoms with Gasteiger partial charge in [-0.2, -0.15) is 10.5 Å². The van der Waals surface area contributed by atoms with Crippen LogP contribution in [0.25, 0.3) is 0 Å². The van der Waals surface area contributed by atoms with E-state index in [0.29, 0.717) is 43.1 Å². The lowest BCUT2D eigenvalue weighted by molar-refractivity contribution is 0.207. The van der Waals surface area contributed by atoms with Gasteiger partial charge in [0.1, 0.15) is 23.8 Å². The van der Waals surface area contributed by atoms with Crippen LogP contribution in [-0.4, -0.2) is 46.7 Å². The number of hydrogen-bond donors (Lipinski definition) is 1. The number of pyridine rings is 1. The number of nitrogens with one attached hydrogen (secondary N) is 1. The fourth-order valence-electron chi connectivity index (χ4n) is 3.14. The fourth-order valence-corrected chi connectivity index (χ4v) is 3.14. The number of rotatable bonds is 2. The molecule has 0 bridgehead atoms. The van der Waals surface area contributed by atoms with Gasteiger partial charge >= 0.3 is 6.03 Å². The van der Waals surface area contributed by atoms with Crippen LogP contribution < -0.4 is 10.2 Å². The molecule has 2 aromatic heterocycles. The average molecular weight is 377 g/mol. The fraction of sp³-hybridized carbons (Fsp3) is 0.400. The zero-order valence-electron chi connectivity index (χ0n) is 16.3. The second kappa shape index (κ2) is 7.61. The summed E-state index contributed by atoms with van der Waals surface area (Å²) in [4.78, 5) is 20.9. The van der Waals surface area contributed by atoms with Crippen molar-refractivity contribution < 1.29 is 4.79 Å². The maximum Gasteiger partial charge on any atom is 0.323 e. The molecule has 8 nitrogen and oxygen atoms in total. The summed E-state index contributed by atoms with van der Waals surface area (Å²) < 4.78 is 1.90. The zero-order chi connectivity index (χ0) is 20.3. The number of hydrogen-bond acceptors (Lipinski definition) is 5. The summed E-state index contributed by atoms with van der Waals surface area (Å²) in [7, 11) is 0. The standard InChI is InChI=1S/C20H23N7O/c1-20(2,3)27-14-16(12-22)10-18(27)24-19(28)26-8-6-25(7-9-26)17-5-4-15(11-21)13-23-17/h4-5,10,13-14H,6-9H2,1-3H3,(H,24,28). The Morgan fingerprint density at radius 2 is 1.79 bits per heavy atom. The quantitative estimate of drug-likeness (QED) is 0.867. The van der Waals surface area contributed by atoms with Crippen LogP contribution in [0.3, 0.4) is 0 Å². The molecule has 2 amide bonds. The number of piperazine rings is 1. The van der Waals surface area contributed by atoms with E-state index >= 15 is 0 Å². The van der Waals surface area contributed by atoms with E-state index in [1.54, 1.807) is 29.4 Å². The molecule has 0 atom stereocenters. The van der Waals surface area contributed by atoms with E-state index in [0.717, 1.165) is 5.82 Å². The normalized spacial score (nSPS) is 14.3. The molecule has 3 heterocycles. The van der Waals surface area contributed by atoms with Gasteiger partial charge in [0.25, 0.3) is 0 Å². The van der Waals surface area contributed by atoms with Crippen molar-refractivity contribution in [1.82, 2.24) is 14.5 Å². The number of urea groups is 1. The van der Waals surface area contributed by atoms with Gasteiger partial charge in [0.05, 0.1) is 11.1 Å². The molecule has 1 saturated heterocycles. The van der Waals surface area contributed by atoms with Crippen molar-refractivity contribution in [3.8, 4) is 12.1 Å². The van der Waals surface area contributed by atoms with E-state index in [1.165, 1.54) is 0 Å². The Labute approximate surface area is 164 Å². The molecule has 0 saturated carbocycles. The van der Waals surface area contributed by atoms with Crippen LogP contribution in [0.4, 0.5) is 16.4 Å². The average Bonchev–Trinajstić information content (AvgIpc) is 3.11. The summed E-state index contributed by atoms with van der Waals surface area (Å²) in [6.45, 7) is 8.52. The molecule has 144 valence electrons. The summed E-state index contributed by atoms with van der Waals surface area (Å²) in [6.07, 6.45) is 3.31. The van der Waals surface area contributed by atoms with Crippen LogP contribution >= 0.6 is 0 Å². The maximum atomic E-state index is 12.7. The van der Waals surface area contributed by atoms with Gasteiger partial charge < -0.3 is 14.4 Å². The molecular formula is C20H23N7O. The highest BCUT2D eigenvalue weighted by atomic mass is 16.2. The lowest BCUT2D eigenvalue weighted by Crippen LogP contribution is -2.50. The molecule has 0 unspecified atom stereocenters. The maximum absolute atomic E-state index is 12.7. The second-order valence-corrected chi connectivity index (χ2v) is 7.69. The minimum atomic E-state index is -0.252. The SMILES string of the molecule is CC(C)(C)n1cc(C#N)cc1NC(=O)N1CCN(c2ccc(C#N)cn2)CC1. The van der Waals surface area contributed by atoms with Crippen molar-refractivity contribution in [3.05, 3.63) is 41.7 Å². The number of carbonyl (C=O) groups is 1. The summed E-state index contributed by atoms with van der Waals surface area (Å²) in [6, 6.07) is 9.27. The topological polar surface area (TPSA) is 101 Å². The van der Waals surface area contributed by atoms with Crippen molar-refractivity contribution in [2.24, 2.45) is 0 Å². The summed E-state index contributed by atoms with van der Waals surface area (Å²) >= 11 is 0. The number of anilines is 2. The third-order valence-electron chi connectivity index (χ3n) is 4.67. The number of amides is 2. The molecule has 1 aliphatic heterocycles. The summed E-state index contributed by atoms with van der Waals surface area (Å²) in [5.74, 6) is 1.42. The van der Waals surface area contributed by atoms with Gasteiger partial charge in [-0.15, -0.1) is 0 Å². The first-order valence-corrected chi connectivity index (χ1v) is 9.12. The third-order valence-corrected chi connectivity index (χ3v) is 4.67. The van der Waals surface area contributed by atoms with E-state index in [4.69, 9.17) is 5.26 Å². The van der Waals surface area contributed by atoms with Gasteiger partial charge in [-0.25, -0.2) is 9.78 Å². The van der Waals surface area contributed by atoms with Crippen LogP contribution in [0.5, 0.6) is 0 Å². The number of aromatic nitrogens is 2. The Morgan fingerprint density at radius 1 is 1.11 bits per heavy atom. The summed E-state index contributed by atoms with van der Waals surface area (Å²) in [5, 5.41) is 21.0. The highest BCUT2D eigenvalue weighted by Crippen LogP contribution is 2.24. The molecule has 0 aliphatic carbocycles. The zero-order valence-corrected chi connectivity index (χ0v) is 16.3. The Bertz CT molecular complexity index is 933. The largest absolute Gasteiger partial charge is 0.353 e. The number of carbonyl (C=O) groups excluding carboxylic acids is 1. The van der Waals surface area contributed by atoms with Crippen LogP contribution in [0.1, 0.15) is 31.9 Å². The molecule has 1 N–H and O–H groups in total. The predicted molar refractivity (Wildman–Crippen MR) is 106 cm³/mol. The van der Waals surface area contributed by atoms with Gasteiger partial charge in [-0.3, -0.25) is 5.32 Å². The van der Waals surface area contributed by atoms with Crippen molar-refractivity contribution in [3.63, 3.8) is 0 Å². The van der Waals surface area contributed by atoms with Crippen molar-refractivity contribution in [1.29, 1.82) is 10.5 Å². The molecule has 28 heavy (non-hydrogen) atoms. The molecule has 2 aromatic rings. The minimum Gasteiger partial charge on any atom is -0.353 e. The Hall–Kier alpha value is -3.52. The first-order chi connectivity index (χ1) is 13.3. The first-order valence-electron chi connectivity index (χ1n) is 9.12. The minimum absolute atomic E-state index is 0.180. The monoisotopic (exact) mass is 377 g/mol. The lowest BCUT2D eigenvalue weighted by atomic mass is 10.1. The lowest BCUT2D eigenvalue weighted by Gasteiger charge is -2.35. The highest BCUT2D eigenvalue weighted by molar-refractivity contribution is 5.89. The molecule has 0 spiro atoms. The van der Waals surface area contributed by atoms with E-state index in [1.807, 2.05) is 31.4 Å². The van der Waals surface area contributed by atoms with Gasteiger partial charge in [0, 0.05) is 44.1 Å². The Balaban J connectivity index is 1.64. The third kappa shape index (κ3) is 4.07. The van der Waals surface area contributed by atoms with Crippen LogP contribution in [0, 0.1) is 22.7 Å². The predicted octanol–water partition coefficient (Wildman–Crippen LogP) is 2.74. The molecule has 8 heteroatoms. The van der Waals surface area contributed by atoms with Crippen LogP contribution in [-0.2, 0) is 5.54 Å². The smallest absolute Gasteiger partial charge is 0.323 e. The van der Waals surface area contributed by atoms with Crippen molar-refractivity contribution in [2.75, 3.05) is 36.4 Å². The Kier molecular flexibility index (Phi) is 5.23. The van der Waals surface area contributed by atoms with E-state index < -0.39 is 0 Å². The molecule has 0 radical (unpaired) electrons. The van der Waals surface area contributed by atoms with Gasteiger partial charge in [0.15, 0.2) is 0 Å². The van der Waals surface area contributed by atoms with Crippen molar-refractivity contribution in [2.45, 2.75) is 26.3 Å². The second-order valence-electron chi connectivity index (χ2n) is 7.69. The molecular weight excluding hydrogens is 354 g/mol. The first kappa shape index (κ1) is 19.2. The Morgan fingerprint density at radius 3 is 2.32 bits per heavy atom. The van der Waals surface area contributed by atoms with Gasteiger partial charge in [0.2, 0.25) is 0 Å². The van der Waals surface area contributed by atoms with Gasteiger partial charge in [-0.05, 0) is 39.0 Å². The van der Waals surface area contributed by atoms with Crippen molar-refractivity contribution >= 4 is 17.7 Å². The van der Waals surface area contributed by atoms with Gasteiger partial charge in [-0.1, -0.05) is 0 Å². The number of nitrogens with zero attached hydrogens (tertiary/aromatic N) is 6. The van der Waals surface area contributed by atoms with Crippen LogP contribution in [0.15, 0.2) is 30.6 Å². The van der Waals surface area contributed by atoms with E-state index in [2.05, 4.69) is 27.3 Å². The molecule has 1 aliphatic rings.